The van der Waals surface area contributed by atoms with E-state index in [0.717, 1.165) is 27.3 Å². The van der Waals surface area contributed by atoms with Gasteiger partial charge in [0.15, 0.2) is 5.84 Å². The maximum Gasteiger partial charge on any atom is 0.283 e. The fraction of sp³-hybridized carbons (Fsp3) is 0.310. The van der Waals surface area contributed by atoms with Gasteiger partial charge in [0.2, 0.25) is 5.17 Å². The van der Waals surface area contributed by atoms with Crippen molar-refractivity contribution < 1.29 is 9.53 Å². The molecule has 7 nitrogen and oxygen atoms in total. The maximum absolute atomic E-state index is 12.9. The first kappa shape index (κ1) is 25.0. The van der Waals surface area contributed by atoms with Crippen molar-refractivity contribution in [1.82, 2.24) is 9.58 Å². The number of aromatic nitrogens is 1. The number of amidine groups is 2. The van der Waals surface area contributed by atoms with Gasteiger partial charge in [-0.2, -0.15) is 15.1 Å². The van der Waals surface area contributed by atoms with Crippen molar-refractivity contribution in [2.75, 3.05) is 6.61 Å². The van der Waals surface area contributed by atoms with Crippen LogP contribution in [-0.2, 0) is 16.8 Å². The van der Waals surface area contributed by atoms with Crippen molar-refractivity contribution in [2.24, 2.45) is 16.0 Å². The Morgan fingerprint density at radius 2 is 1.84 bits per heavy atom. The minimum atomic E-state index is -0.414. The molecule has 0 unspecified atom stereocenters. The first-order valence-electron chi connectivity index (χ1n) is 12.4. The summed E-state index contributed by atoms with van der Waals surface area (Å²) >= 11 is 1.35. The Balaban J connectivity index is 1.37. The van der Waals surface area contributed by atoms with E-state index in [2.05, 4.69) is 53.6 Å². The highest BCUT2D eigenvalue weighted by Crippen LogP contribution is 2.32. The number of rotatable bonds is 6. The largest absolute Gasteiger partial charge is 0.492 e. The van der Waals surface area contributed by atoms with E-state index in [0.29, 0.717) is 18.3 Å². The molecule has 0 atom stereocenters. The SMILES string of the molecule is CC(C)C1=NN2C(=N)C(=Cc3cn(CCOc4ccc(C(C)(C)C)cc4)c4ccccc34)C(=O)N=C2S1. The molecule has 2 aliphatic rings. The molecule has 0 spiro atoms. The number of fused-ring (bicyclic) bond motifs is 2. The molecular weight excluding hydrogens is 482 g/mol. The Kier molecular flexibility index (Phi) is 6.54. The molecule has 0 bridgehead atoms. The van der Waals surface area contributed by atoms with E-state index in [9.17, 15) is 4.79 Å². The number of nitrogens with one attached hydrogen (secondary N) is 1. The minimum Gasteiger partial charge on any atom is -0.492 e. The van der Waals surface area contributed by atoms with Gasteiger partial charge in [-0.05, 0) is 47.0 Å². The first-order chi connectivity index (χ1) is 17.6. The molecule has 190 valence electrons. The van der Waals surface area contributed by atoms with Crippen LogP contribution >= 0.6 is 11.8 Å². The van der Waals surface area contributed by atoms with Crippen LogP contribution in [0.25, 0.3) is 17.0 Å². The summed E-state index contributed by atoms with van der Waals surface area (Å²) in [6.07, 6.45) is 3.76. The van der Waals surface area contributed by atoms with E-state index in [1.54, 1.807) is 6.08 Å². The lowest BCUT2D eigenvalue weighted by Crippen LogP contribution is -2.35. The van der Waals surface area contributed by atoms with Crippen molar-refractivity contribution >= 4 is 50.7 Å². The number of carbonyl (C=O) groups is 1. The number of amides is 1. The van der Waals surface area contributed by atoms with Gasteiger partial charge < -0.3 is 9.30 Å². The number of ether oxygens (including phenoxy) is 1. The lowest BCUT2D eigenvalue weighted by atomic mass is 9.87. The number of hydrogen-bond donors (Lipinski definition) is 1. The number of nitrogens with zero attached hydrogens (tertiary/aromatic N) is 4. The van der Waals surface area contributed by atoms with Gasteiger partial charge in [0.1, 0.15) is 17.4 Å². The number of carbonyl (C=O) groups excluding carboxylic acids is 1. The average Bonchev–Trinajstić information content (AvgIpc) is 3.44. The van der Waals surface area contributed by atoms with Crippen molar-refractivity contribution in [3.05, 3.63) is 71.4 Å². The summed E-state index contributed by atoms with van der Waals surface area (Å²) in [5.41, 5.74) is 3.50. The second-order valence-corrected chi connectivity index (χ2v) is 11.5. The van der Waals surface area contributed by atoms with Gasteiger partial charge in [0.25, 0.3) is 5.91 Å². The standard InChI is InChI=1S/C29H31N5O2S/c1-18(2)27-32-34-25(30)23(26(35)31-28(34)37-27)16-19-17-33(24-9-7-6-8-22(19)24)14-15-36-21-12-10-20(11-13-21)29(3,4)5/h6-13,16-18,30H,14-15H2,1-5H3. The molecule has 0 aliphatic carbocycles. The van der Waals surface area contributed by atoms with Crippen LogP contribution in [0.5, 0.6) is 5.75 Å². The molecule has 0 saturated carbocycles. The zero-order valence-electron chi connectivity index (χ0n) is 21.8. The lowest BCUT2D eigenvalue weighted by Gasteiger charge is -2.20. The number of benzene rings is 2. The van der Waals surface area contributed by atoms with E-state index in [-0.39, 0.29) is 22.7 Å². The summed E-state index contributed by atoms with van der Waals surface area (Å²) in [7, 11) is 0. The third-order valence-electron chi connectivity index (χ3n) is 6.40. The van der Waals surface area contributed by atoms with Crippen LogP contribution in [0.3, 0.4) is 0 Å². The monoisotopic (exact) mass is 513 g/mol. The highest BCUT2D eigenvalue weighted by molar-refractivity contribution is 8.27. The molecule has 37 heavy (non-hydrogen) atoms. The third kappa shape index (κ3) is 4.98. The Morgan fingerprint density at radius 3 is 2.54 bits per heavy atom. The number of hydrazone groups is 1. The quantitative estimate of drug-likeness (QED) is 0.393. The molecule has 2 aliphatic heterocycles. The summed E-state index contributed by atoms with van der Waals surface area (Å²) in [5.74, 6) is 0.677. The zero-order valence-corrected chi connectivity index (χ0v) is 22.6. The van der Waals surface area contributed by atoms with Gasteiger partial charge in [0.05, 0.1) is 12.1 Å². The van der Waals surface area contributed by atoms with E-state index >= 15 is 0 Å². The third-order valence-corrected chi connectivity index (χ3v) is 7.61. The summed E-state index contributed by atoms with van der Waals surface area (Å²) in [5, 5.41) is 16.9. The van der Waals surface area contributed by atoms with Gasteiger partial charge >= 0.3 is 0 Å². The highest BCUT2D eigenvalue weighted by atomic mass is 32.2. The Bertz CT molecular complexity index is 1470. The molecule has 8 heteroatoms. The van der Waals surface area contributed by atoms with Gasteiger partial charge in [-0.3, -0.25) is 10.2 Å². The average molecular weight is 514 g/mol. The maximum atomic E-state index is 12.9. The second-order valence-electron chi connectivity index (χ2n) is 10.5. The lowest BCUT2D eigenvalue weighted by molar-refractivity contribution is -0.114. The number of para-hydroxylation sites is 1. The molecule has 0 saturated heterocycles. The predicted octanol–water partition coefficient (Wildman–Crippen LogP) is 6.29. The van der Waals surface area contributed by atoms with Crippen LogP contribution in [0.15, 0.2) is 70.4 Å². The van der Waals surface area contributed by atoms with Crippen LogP contribution < -0.4 is 4.74 Å². The number of aliphatic imine (C=N–C) groups is 1. The molecule has 1 aromatic heterocycles. The molecule has 0 radical (unpaired) electrons. The topological polar surface area (TPSA) is 83.0 Å². The number of thioether (sulfide) groups is 1. The smallest absolute Gasteiger partial charge is 0.283 e. The first-order valence-corrected chi connectivity index (χ1v) is 13.2. The van der Waals surface area contributed by atoms with E-state index < -0.39 is 5.91 Å². The van der Waals surface area contributed by atoms with E-state index in [1.165, 1.54) is 22.3 Å². The Labute approximate surface area is 221 Å². The predicted molar refractivity (Wildman–Crippen MR) is 152 cm³/mol. The molecule has 2 aromatic carbocycles. The van der Waals surface area contributed by atoms with Crippen LogP contribution in [0.4, 0.5) is 0 Å². The van der Waals surface area contributed by atoms with Crippen LogP contribution in [-0.4, -0.2) is 38.1 Å². The van der Waals surface area contributed by atoms with Crippen LogP contribution in [0.1, 0.15) is 45.7 Å². The molecule has 3 aromatic rings. The van der Waals surface area contributed by atoms with E-state index in [4.69, 9.17) is 10.1 Å². The van der Waals surface area contributed by atoms with E-state index in [1.807, 2.05) is 50.4 Å². The summed E-state index contributed by atoms with van der Waals surface area (Å²) in [6, 6.07) is 16.3. The van der Waals surface area contributed by atoms with Crippen molar-refractivity contribution in [1.29, 1.82) is 5.41 Å². The molecule has 0 fully saturated rings. The molecular formula is C29H31N5O2S. The highest BCUT2D eigenvalue weighted by Gasteiger charge is 2.36. The normalized spacial score (nSPS) is 17.0. The second kappa shape index (κ2) is 9.67. The molecule has 1 N–H and O–H groups in total. The number of hydrogen-bond acceptors (Lipinski definition) is 5. The van der Waals surface area contributed by atoms with Gasteiger partial charge in [-0.15, -0.1) is 0 Å². The van der Waals surface area contributed by atoms with Gasteiger partial charge in [0, 0.05) is 28.6 Å². The molecule has 3 heterocycles. The fourth-order valence-electron chi connectivity index (χ4n) is 4.28. The summed E-state index contributed by atoms with van der Waals surface area (Å²) < 4.78 is 8.15. The Hall–Kier alpha value is -3.65. The molecule has 5 rings (SSSR count). The van der Waals surface area contributed by atoms with Crippen molar-refractivity contribution in [3.8, 4) is 5.75 Å². The fourth-order valence-corrected chi connectivity index (χ4v) is 5.18. The molecule has 1 amide bonds. The zero-order chi connectivity index (χ0) is 26.3. The Morgan fingerprint density at radius 1 is 1.11 bits per heavy atom. The van der Waals surface area contributed by atoms with Crippen molar-refractivity contribution in [3.63, 3.8) is 0 Å². The van der Waals surface area contributed by atoms with Gasteiger partial charge in [-0.1, -0.05) is 65.0 Å². The van der Waals surface area contributed by atoms with Gasteiger partial charge in [-0.25, -0.2) is 0 Å². The van der Waals surface area contributed by atoms with Crippen LogP contribution in [0, 0.1) is 11.3 Å². The summed E-state index contributed by atoms with van der Waals surface area (Å²) in [4.78, 5) is 17.1. The minimum absolute atomic E-state index is 0.0528. The van der Waals surface area contributed by atoms with Crippen molar-refractivity contribution in [2.45, 2.75) is 46.6 Å². The van der Waals surface area contributed by atoms with Crippen LogP contribution in [0.2, 0.25) is 0 Å². The summed E-state index contributed by atoms with van der Waals surface area (Å²) in [6.45, 7) is 11.8.